The monoisotopic (exact) mass is 341 g/mol. The summed E-state index contributed by atoms with van der Waals surface area (Å²) in [5.74, 6) is 0.810. The molecule has 24 heavy (non-hydrogen) atoms. The van der Waals surface area contributed by atoms with Crippen molar-refractivity contribution in [2.45, 2.75) is 30.3 Å². The van der Waals surface area contributed by atoms with E-state index in [0.29, 0.717) is 6.54 Å². The molecule has 6 nitrogen and oxygen atoms in total. The molecule has 2 aromatic heterocycles. The maximum Gasteiger partial charge on any atom is 0.229 e. The van der Waals surface area contributed by atoms with Crippen molar-refractivity contribution in [3.8, 4) is 0 Å². The van der Waals surface area contributed by atoms with Gasteiger partial charge in [-0.2, -0.15) is 5.10 Å². The molecule has 124 valence electrons. The van der Waals surface area contributed by atoms with E-state index in [2.05, 4.69) is 43.7 Å². The maximum absolute atomic E-state index is 12.6. The molecule has 1 aliphatic carbocycles. The second-order valence-corrected chi connectivity index (χ2v) is 7.02. The average molecular weight is 341 g/mol. The smallest absolute Gasteiger partial charge is 0.229 e. The van der Waals surface area contributed by atoms with Gasteiger partial charge in [-0.05, 0) is 30.9 Å². The Balaban J connectivity index is 1.42. The summed E-state index contributed by atoms with van der Waals surface area (Å²) in [6.45, 7) is 0.621. The van der Waals surface area contributed by atoms with Crippen LogP contribution in [-0.4, -0.2) is 38.4 Å². The molecular weight excluding hydrogens is 322 g/mol. The number of aryl methyl sites for hydroxylation is 1. The van der Waals surface area contributed by atoms with Crippen LogP contribution in [-0.2, 0) is 11.2 Å². The van der Waals surface area contributed by atoms with Crippen LogP contribution < -0.4 is 5.32 Å². The molecule has 1 unspecified atom stereocenters. The van der Waals surface area contributed by atoms with Gasteiger partial charge >= 0.3 is 0 Å². The largest absolute Gasteiger partial charge is 0.357 e. The Morgan fingerprint density at radius 2 is 2.29 bits per heavy atom. The van der Waals surface area contributed by atoms with Crippen molar-refractivity contribution in [2.24, 2.45) is 0 Å². The summed E-state index contributed by atoms with van der Waals surface area (Å²) in [4.78, 5) is 20.1. The van der Waals surface area contributed by atoms with Crippen molar-refractivity contribution in [2.75, 3.05) is 12.3 Å². The first kappa shape index (κ1) is 15.3. The second kappa shape index (κ2) is 6.68. The molecule has 3 aromatic rings. The number of para-hydroxylation sites is 1. The van der Waals surface area contributed by atoms with Gasteiger partial charge in [0.1, 0.15) is 6.33 Å². The number of H-pyrrole nitrogens is 2. The first-order valence-corrected chi connectivity index (χ1v) is 9.17. The summed E-state index contributed by atoms with van der Waals surface area (Å²) in [6, 6.07) is 8.30. The Hall–Kier alpha value is -2.28. The van der Waals surface area contributed by atoms with Crippen LogP contribution in [0.5, 0.6) is 0 Å². The summed E-state index contributed by atoms with van der Waals surface area (Å²) in [5, 5.41) is 11.7. The number of aromatic amines is 2. The van der Waals surface area contributed by atoms with Crippen LogP contribution in [0.25, 0.3) is 10.9 Å². The zero-order chi connectivity index (χ0) is 16.4. The van der Waals surface area contributed by atoms with Crippen LogP contribution in [0.15, 0.2) is 35.7 Å². The number of nitrogens with zero attached hydrogens (tertiary/aromatic N) is 2. The van der Waals surface area contributed by atoms with Crippen molar-refractivity contribution in [1.82, 2.24) is 25.5 Å². The van der Waals surface area contributed by atoms with Crippen molar-refractivity contribution < 1.29 is 4.79 Å². The minimum atomic E-state index is -0.0728. The number of rotatable bonds is 5. The highest BCUT2D eigenvalue weighted by molar-refractivity contribution is 7.99. The van der Waals surface area contributed by atoms with Gasteiger partial charge in [0.15, 0.2) is 5.16 Å². The Bertz CT molecular complexity index is 842. The molecule has 1 aromatic carbocycles. The lowest BCUT2D eigenvalue weighted by atomic mass is 9.86. The molecular formula is C17H19N5OS. The first-order chi connectivity index (χ1) is 11.8. The fourth-order valence-corrected chi connectivity index (χ4v) is 4.02. The third-order valence-electron chi connectivity index (χ3n) is 4.46. The summed E-state index contributed by atoms with van der Waals surface area (Å²) in [5.41, 5.74) is 3.54. The Morgan fingerprint density at radius 3 is 3.17 bits per heavy atom. The van der Waals surface area contributed by atoms with Crippen molar-refractivity contribution in [1.29, 1.82) is 0 Å². The fraction of sp³-hybridized carbons (Fsp3) is 0.353. The van der Waals surface area contributed by atoms with Crippen molar-refractivity contribution in [3.63, 3.8) is 0 Å². The summed E-state index contributed by atoms with van der Waals surface area (Å²) in [6.07, 6.45) is 4.49. The van der Waals surface area contributed by atoms with Crippen LogP contribution in [0.2, 0.25) is 0 Å². The number of nitrogens with one attached hydrogen (secondary N) is 3. The Morgan fingerprint density at radius 1 is 1.38 bits per heavy atom. The maximum atomic E-state index is 12.6. The van der Waals surface area contributed by atoms with Gasteiger partial charge in [-0.15, -0.1) is 0 Å². The van der Waals surface area contributed by atoms with Crippen LogP contribution in [0, 0.1) is 0 Å². The van der Waals surface area contributed by atoms with Gasteiger partial charge in [0.05, 0.1) is 5.92 Å². The van der Waals surface area contributed by atoms with E-state index in [9.17, 15) is 4.79 Å². The molecule has 4 rings (SSSR count). The molecule has 0 spiro atoms. The van der Waals surface area contributed by atoms with Crippen LogP contribution in [0.3, 0.4) is 0 Å². The van der Waals surface area contributed by atoms with Gasteiger partial charge in [0.2, 0.25) is 5.91 Å². The minimum absolute atomic E-state index is 0.0728. The number of aromatic nitrogens is 4. The number of benzene rings is 1. The number of carbonyl (C=O) groups excluding carboxylic acids is 1. The summed E-state index contributed by atoms with van der Waals surface area (Å²) < 4.78 is 0. The molecule has 0 saturated carbocycles. The quantitative estimate of drug-likeness (QED) is 0.492. The number of hydrogen-bond donors (Lipinski definition) is 3. The number of carbonyl (C=O) groups is 1. The lowest BCUT2D eigenvalue weighted by Crippen LogP contribution is -2.32. The zero-order valence-electron chi connectivity index (χ0n) is 13.2. The van der Waals surface area contributed by atoms with Gasteiger partial charge in [-0.1, -0.05) is 30.0 Å². The van der Waals surface area contributed by atoms with E-state index in [4.69, 9.17) is 0 Å². The molecule has 0 aliphatic heterocycles. The zero-order valence-corrected chi connectivity index (χ0v) is 14.0. The fourth-order valence-electron chi connectivity index (χ4n) is 3.39. The third kappa shape index (κ3) is 2.91. The molecule has 3 N–H and O–H groups in total. The molecule has 2 heterocycles. The van der Waals surface area contributed by atoms with E-state index in [1.165, 1.54) is 17.3 Å². The predicted octanol–water partition coefficient (Wildman–Crippen LogP) is 2.61. The molecule has 1 aliphatic rings. The minimum Gasteiger partial charge on any atom is -0.357 e. The third-order valence-corrected chi connectivity index (χ3v) is 5.34. The molecule has 7 heteroatoms. The van der Waals surface area contributed by atoms with E-state index in [1.807, 2.05) is 6.07 Å². The van der Waals surface area contributed by atoms with E-state index in [1.54, 1.807) is 11.8 Å². The van der Waals surface area contributed by atoms with E-state index < -0.39 is 0 Å². The molecule has 1 amide bonds. The molecule has 0 radical (unpaired) electrons. The van der Waals surface area contributed by atoms with Gasteiger partial charge in [-0.25, -0.2) is 4.98 Å². The predicted molar refractivity (Wildman–Crippen MR) is 94.1 cm³/mol. The van der Waals surface area contributed by atoms with Crippen LogP contribution in [0.4, 0.5) is 0 Å². The number of hydrogen-bond acceptors (Lipinski definition) is 4. The molecule has 0 fully saturated rings. The second-order valence-electron chi connectivity index (χ2n) is 5.94. The normalized spacial score (nSPS) is 16.9. The van der Waals surface area contributed by atoms with Crippen molar-refractivity contribution in [3.05, 3.63) is 41.9 Å². The molecule has 1 atom stereocenters. The Labute approximate surface area is 143 Å². The first-order valence-electron chi connectivity index (χ1n) is 8.18. The van der Waals surface area contributed by atoms with Crippen molar-refractivity contribution >= 4 is 28.6 Å². The summed E-state index contributed by atoms with van der Waals surface area (Å²) >= 11 is 1.55. The highest BCUT2D eigenvalue weighted by atomic mass is 32.2. The van der Waals surface area contributed by atoms with Crippen LogP contribution >= 0.6 is 11.8 Å². The number of fused-ring (bicyclic) bond motifs is 3. The molecule has 0 saturated heterocycles. The van der Waals surface area contributed by atoms with Gasteiger partial charge in [0.25, 0.3) is 0 Å². The molecule has 0 bridgehead atoms. The van der Waals surface area contributed by atoms with Gasteiger partial charge in [-0.3, -0.25) is 9.89 Å². The SMILES string of the molecule is O=C(NCCSc1ncn[nH]1)C1CCCc2c1[nH]c1ccccc21. The lowest BCUT2D eigenvalue weighted by molar-refractivity contribution is -0.122. The number of thioether (sulfide) groups is 1. The topological polar surface area (TPSA) is 86.5 Å². The van der Waals surface area contributed by atoms with E-state index >= 15 is 0 Å². The van der Waals surface area contributed by atoms with Gasteiger partial charge in [0, 0.05) is 28.9 Å². The lowest BCUT2D eigenvalue weighted by Gasteiger charge is -2.22. The highest BCUT2D eigenvalue weighted by Crippen LogP contribution is 2.36. The Kier molecular flexibility index (Phi) is 4.25. The van der Waals surface area contributed by atoms with Gasteiger partial charge < -0.3 is 10.3 Å². The van der Waals surface area contributed by atoms with Crippen LogP contribution in [0.1, 0.15) is 30.0 Å². The average Bonchev–Trinajstić information content (AvgIpc) is 3.25. The summed E-state index contributed by atoms with van der Waals surface area (Å²) in [7, 11) is 0. The van der Waals surface area contributed by atoms with E-state index in [-0.39, 0.29) is 11.8 Å². The standard InChI is InChI=1S/C17H19N5OS/c23-16(18-8-9-24-17-19-10-20-22-17)13-6-3-5-12-11-4-1-2-7-14(11)21-15(12)13/h1-2,4,7,10,13,21H,3,5-6,8-9H2,(H,18,23)(H,19,20,22). The van der Waals surface area contributed by atoms with E-state index in [0.717, 1.165) is 41.4 Å². The number of amides is 1. The highest BCUT2D eigenvalue weighted by Gasteiger charge is 2.29.